The average molecular weight is 440 g/mol. The molecule has 162 valence electrons. The maximum absolute atomic E-state index is 12.4. The van der Waals surface area contributed by atoms with Crippen LogP contribution < -0.4 is 9.92 Å². The van der Waals surface area contributed by atoms with E-state index in [4.69, 9.17) is 14.7 Å². The molecule has 0 spiro atoms. The Morgan fingerprint density at radius 1 is 0.903 bits per heavy atom. The zero-order chi connectivity index (χ0) is 22.3. The summed E-state index contributed by atoms with van der Waals surface area (Å²) in [5.41, 5.74) is 7.32. The first-order valence-electron chi connectivity index (χ1n) is 9.91. The van der Waals surface area contributed by atoms with Crippen molar-refractivity contribution in [2.24, 2.45) is 5.73 Å². The first-order chi connectivity index (χ1) is 14.8. The summed E-state index contributed by atoms with van der Waals surface area (Å²) < 4.78 is 35.2. The average Bonchev–Trinajstić information content (AvgIpc) is 2.75. The Balaban J connectivity index is 1.85. The highest BCUT2D eigenvalue weighted by Gasteiger charge is 2.31. The molecule has 1 unspecified atom stereocenters. The molecule has 0 aliphatic heterocycles. The fourth-order valence-corrected chi connectivity index (χ4v) is 4.25. The van der Waals surface area contributed by atoms with Crippen LogP contribution >= 0.6 is 0 Å². The van der Waals surface area contributed by atoms with E-state index >= 15 is 0 Å². The molecule has 0 aliphatic carbocycles. The molecule has 0 saturated carbocycles. The molecule has 6 nitrogen and oxygen atoms in total. The molecule has 0 aliphatic rings. The number of benzene rings is 3. The fourth-order valence-electron chi connectivity index (χ4n) is 3.30. The number of hydrogen-bond acceptors (Lipinski definition) is 6. The SMILES string of the molecule is CCOC(=O)CC(N)(Cc1ccccc1)c1ccc(OS(=O)(=O)c2ccccc2)cc1. The third-order valence-corrected chi connectivity index (χ3v) is 6.06. The lowest BCUT2D eigenvalue weighted by Gasteiger charge is -2.29. The van der Waals surface area contributed by atoms with Gasteiger partial charge in [0.2, 0.25) is 0 Å². The van der Waals surface area contributed by atoms with Gasteiger partial charge in [-0.15, -0.1) is 0 Å². The van der Waals surface area contributed by atoms with Crippen LogP contribution in [-0.4, -0.2) is 21.0 Å². The minimum Gasteiger partial charge on any atom is -0.466 e. The molecule has 0 saturated heterocycles. The fraction of sp³-hybridized carbons (Fsp3) is 0.208. The molecule has 0 aromatic heterocycles. The molecule has 3 aromatic rings. The van der Waals surface area contributed by atoms with Gasteiger partial charge in [0, 0.05) is 0 Å². The van der Waals surface area contributed by atoms with Gasteiger partial charge in [0.25, 0.3) is 0 Å². The van der Waals surface area contributed by atoms with E-state index in [0.29, 0.717) is 12.0 Å². The van der Waals surface area contributed by atoms with E-state index in [-0.39, 0.29) is 23.7 Å². The third-order valence-electron chi connectivity index (χ3n) is 4.79. The van der Waals surface area contributed by atoms with E-state index in [9.17, 15) is 13.2 Å². The number of esters is 1. The van der Waals surface area contributed by atoms with Gasteiger partial charge in [-0.3, -0.25) is 4.79 Å². The predicted octanol–water partition coefficient (Wildman–Crippen LogP) is 3.80. The second kappa shape index (κ2) is 9.76. The van der Waals surface area contributed by atoms with Crippen LogP contribution in [0.2, 0.25) is 0 Å². The van der Waals surface area contributed by atoms with Gasteiger partial charge < -0.3 is 14.7 Å². The first-order valence-corrected chi connectivity index (χ1v) is 11.3. The standard InChI is InChI=1S/C24H25NO5S/c1-2-29-23(26)18-24(25,17-19-9-5-3-6-10-19)20-13-15-21(16-14-20)30-31(27,28)22-11-7-4-8-12-22/h3-16H,2,17-18,25H2,1H3. The minimum atomic E-state index is -3.94. The lowest BCUT2D eigenvalue weighted by Crippen LogP contribution is -2.41. The summed E-state index contributed by atoms with van der Waals surface area (Å²) in [7, 11) is -3.94. The van der Waals surface area contributed by atoms with Gasteiger partial charge >= 0.3 is 16.1 Å². The number of ether oxygens (including phenoxy) is 1. The quantitative estimate of drug-likeness (QED) is 0.402. The molecule has 0 amide bonds. The van der Waals surface area contributed by atoms with Crippen molar-refractivity contribution in [3.05, 3.63) is 96.1 Å². The van der Waals surface area contributed by atoms with Gasteiger partial charge in [0.15, 0.2) is 0 Å². The molecule has 3 aromatic carbocycles. The Labute approximate surface area is 182 Å². The van der Waals surface area contributed by atoms with E-state index < -0.39 is 21.6 Å². The molecule has 2 N–H and O–H groups in total. The van der Waals surface area contributed by atoms with Gasteiger partial charge in [0.1, 0.15) is 10.6 Å². The zero-order valence-electron chi connectivity index (χ0n) is 17.2. The van der Waals surface area contributed by atoms with Crippen LogP contribution in [0.3, 0.4) is 0 Å². The van der Waals surface area contributed by atoms with Crippen LogP contribution in [0.4, 0.5) is 0 Å². The number of hydrogen-bond donors (Lipinski definition) is 1. The topological polar surface area (TPSA) is 95.7 Å². The molecular formula is C24H25NO5S. The lowest BCUT2D eigenvalue weighted by atomic mass is 9.82. The van der Waals surface area contributed by atoms with E-state index in [1.54, 1.807) is 37.3 Å². The van der Waals surface area contributed by atoms with Crippen molar-refractivity contribution >= 4 is 16.1 Å². The summed E-state index contributed by atoms with van der Waals surface area (Å²) in [6.07, 6.45) is 0.396. The van der Waals surface area contributed by atoms with Crippen LogP contribution in [0.15, 0.2) is 89.8 Å². The van der Waals surface area contributed by atoms with Crippen molar-refractivity contribution in [3.63, 3.8) is 0 Å². The molecule has 1 atom stereocenters. The Hall–Kier alpha value is -3.16. The van der Waals surface area contributed by atoms with Crippen LogP contribution in [0.5, 0.6) is 5.75 Å². The highest BCUT2D eigenvalue weighted by molar-refractivity contribution is 7.87. The first kappa shape index (κ1) is 22.5. The van der Waals surface area contributed by atoms with Crippen molar-refractivity contribution in [3.8, 4) is 5.75 Å². The Kier molecular flexibility index (Phi) is 7.09. The number of rotatable bonds is 9. The maximum Gasteiger partial charge on any atom is 0.339 e. The summed E-state index contributed by atoms with van der Waals surface area (Å²) in [5, 5.41) is 0. The third kappa shape index (κ3) is 5.93. The molecule has 31 heavy (non-hydrogen) atoms. The Bertz CT molecular complexity index is 1100. The van der Waals surface area contributed by atoms with Crippen LogP contribution in [0.25, 0.3) is 0 Å². The second-order valence-corrected chi connectivity index (χ2v) is 8.72. The van der Waals surface area contributed by atoms with E-state index in [1.165, 1.54) is 24.3 Å². The molecule has 7 heteroatoms. The highest BCUT2D eigenvalue weighted by Crippen LogP contribution is 2.30. The summed E-state index contributed by atoms with van der Waals surface area (Å²) in [4.78, 5) is 12.3. The summed E-state index contributed by atoms with van der Waals surface area (Å²) >= 11 is 0. The van der Waals surface area contributed by atoms with E-state index in [0.717, 1.165) is 5.56 Å². The number of nitrogens with two attached hydrogens (primary N) is 1. The lowest BCUT2D eigenvalue weighted by molar-refractivity contribution is -0.144. The molecule has 0 fully saturated rings. The van der Waals surface area contributed by atoms with Gasteiger partial charge in [-0.05, 0) is 48.7 Å². The summed E-state index contributed by atoms with van der Waals surface area (Å²) in [5.74, 6) is -0.237. The van der Waals surface area contributed by atoms with Gasteiger partial charge in [-0.2, -0.15) is 8.42 Å². The summed E-state index contributed by atoms with van der Waals surface area (Å²) in [6, 6.07) is 23.9. The molecule has 0 radical (unpaired) electrons. The van der Waals surface area contributed by atoms with Crippen molar-refractivity contribution in [2.45, 2.75) is 30.2 Å². The number of carbonyl (C=O) groups excluding carboxylic acids is 1. The Morgan fingerprint density at radius 3 is 2.06 bits per heavy atom. The van der Waals surface area contributed by atoms with Crippen molar-refractivity contribution < 1.29 is 22.1 Å². The zero-order valence-corrected chi connectivity index (χ0v) is 18.0. The minimum absolute atomic E-state index is 0.0156. The van der Waals surface area contributed by atoms with Crippen molar-refractivity contribution in [2.75, 3.05) is 6.61 Å². The van der Waals surface area contributed by atoms with Gasteiger partial charge in [-0.25, -0.2) is 0 Å². The monoisotopic (exact) mass is 439 g/mol. The largest absolute Gasteiger partial charge is 0.466 e. The second-order valence-electron chi connectivity index (χ2n) is 7.18. The van der Waals surface area contributed by atoms with Crippen LogP contribution in [0, 0.1) is 0 Å². The van der Waals surface area contributed by atoms with Crippen LogP contribution in [-0.2, 0) is 31.6 Å². The molecular weight excluding hydrogens is 414 g/mol. The van der Waals surface area contributed by atoms with Gasteiger partial charge in [0.05, 0.1) is 18.6 Å². The highest BCUT2D eigenvalue weighted by atomic mass is 32.2. The summed E-state index contributed by atoms with van der Waals surface area (Å²) in [6.45, 7) is 2.01. The molecule has 0 heterocycles. The smallest absolute Gasteiger partial charge is 0.339 e. The van der Waals surface area contributed by atoms with E-state index in [1.807, 2.05) is 30.3 Å². The van der Waals surface area contributed by atoms with Crippen LogP contribution in [0.1, 0.15) is 24.5 Å². The van der Waals surface area contributed by atoms with E-state index in [2.05, 4.69) is 0 Å². The molecule has 0 bridgehead atoms. The molecule has 3 rings (SSSR count). The number of carbonyl (C=O) groups is 1. The normalized spacial score (nSPS) is 13.2. The van der Waals surface area contributed by atoms with Gasteiger partial charge in [-0.1, -0.05) is 60.7 Å². The Morgan fingerprint density at radius 2 is 1.48 bits per heavy atom. The predicted molar refractivity (Wildman–Crippen MR) is 118 cm³/mol. The maximum atomic E-state index is 12.4. The van der Waals surface area contributed by atoms with Crippen molar-refractivity contribution in [1.82, 2.24) is 0 Å². The van der Waals surface area contributed by atoms with Crippen molar-refractivity contribution in [1.29, 1.82) is 0 Å².